The van der Waals surface area contributed by atoms with Gasteiger partial charge in [-0.25, -0.2) is 15.0 Å². The third-order valence-electron chi connectivity index (χ3n) is 4.51. The Bertz CT molecular complexity index is 963. The van der Waals surface area contributed by atoms with Crippen LogP contribution >= 0.6 is 0 Å². The standard InChI is InChI=1S/C20H24N6O/c1-13-5-6-14(2)17(9-13)20(27)22-8-7-21-18-10-19(24-11-23-18)26-12-25-15(3)16(26)4/h5-6,9-12H,7-8H2,1-4H3,(H,22,27)(H,21,23,24). The van der Waals surface area contributed by atoms with Crippen molar-refractivity contribution in [1.29, 1.82) is 0 Å². The van der Waals surface area contributed by atoms with Crippen LogP contribution in [0.1, 0.15) is 32.9 Å². The number of rotatable bonds is 6. The topological polar surface area (TPSA) is 84.7 Å². The largest absolute Gasteiger partial charge is 0.368 e. The summed E-state index contributed by atoms with van der Waals surface area (Å²) in [7, 11) is 0. The van der Waals surface area contributed by atoms with Crippen molar-refractivity contribution in [2.24, 2.45) is 0 Å². The van der Waals surface area contributed by atoms with Crippen LogP contribution in [0.25, 0.3) is 5.82 Å². The van der Waals surface area contributed by atoms with E-state index in [1.807, 2.05) is 56.5 Å². The number of amides is 1. The van der Waals surface area contributed by atoms with E-state index in [1.54, 1.807) is 6.33 Å². The Morgan fingerprint density at radius 3 is 2.59 bits per heavy atom. The second-order valence-corrected chi connectivity index (χ2v) is 6.55. The molecule has 0 radical (unpaired) electrons. The number of anilines is 1. The molecule has 0 saturated carbocycles. The van der Waals surface area contributed by atoms with Crippen molar-refractivity contribution in [2.75, 3.05) is 18.4 Å². The molecule has 2 aromatic heterocycles. The fourth-order valence-corrected chi connectivity index (χ4v) is 2.75. The van der Waals surface area contributed by atoms with E-state index in [-0.39, 0.29) is 5.91 Å². The van der Waals surface area contributed by atoms with Gasteiger partial charge in [-0.05, 0) is 39.3 Å². The van der Waals surface area contributed by atoms with Crippen molar-refractivity contribution < 1.29 is 4.79 Å². The maximum Gasteiger partial charge on any atom is 0.251 e. The van der Waals surface area contributed by atoms with Crippen molar-refractivity contribution in [2.45, 2.75) is 27.7 Å². The molecule has 0 aliphatic heterocycles. The highest BCUT2D eigenvalue weighted by Crippen LogP contribution is 2.13. The van der Waals surface area contributed by atoms with Crippen LogP contribution in [0, 0.1) is 27.7 Å². The average molecular weight is 364 g/mol. The van der Waals surface area contributed by atoms with E-state index >= 15 is 0 Å². The summed E-state index contributed by atoms with van der Waals surface area (Å²) in [5, 5.41) is 6.15. The van der Waals surface area contributed by atoms with Crippen LogP contribution in [0.4, 0.5) is 5.82 Å². The van der Waals surface area contributed by atoms with Crippen LogP contribution in [-0.2, 0) is 0 Å². The Labute approximate surface area is 158 Å². The molecule has 0 aliphatic rings. The molecule has 0 fully saturated rings. The summed E-state index contributed by atoms with van der Waals surface area (Å²) in [5.74, 6) is 1.39. The summed E-state index contributed by atoms with van der Waals surface area (Å²) < 4.78 is 1.92. The lowest BCUT2D eigenvalue weighted by Gasteiger charge is -2.10. The van der Waals surface area contributed by atoms with Gasteiger partial charge in [-0.3, -0.25) is 9.36 Å². The van der Waals surface area contributed by atoms with E-state index in [2.05, 4.69) is 25.6 Å². The molecule has 0 aliphatic carbocycles. The van der Waals surface area contributed by atoms with Crippen LogP contribution < -0.4 is 10.6 Å². The number of hydrogen-bond acceptors (Lipinski definition) is 5. The van der Waals surface area contributed by atoms with Crippen LogP contribution in [0.5, 0.6) is 0 Å². The lowest BCUT2D eigenvalue weighted by atomic mass is 10.1. The normalized spacial score (nSPS) is 10.7. The SMILES string of the molecule is Cc1ccc(C)c(C(=O)NCCNc2cc(-n3cnc(C)c3C)ncn2)c1. The van der Waals surface area contributed by atoms with Gasteiger partial charge < -0.3 is 10.6 Å². The van der Waals surface area contributed by atoms with E-state index in [9.17, 15) is 4.79 Å². The van der Waals surface area contributed by atoms with Crippen LogP contribution in [0.3, 0.4) is 0 Å². The Morgan fingerprint density at radius 2 is 1.85 bits per heavy atom. The molecular formula is C20H24N6O. The molecule has 0 bridgehead atoms. The second-order valence-electron chi connectivity index (χ2n) is 6.55. The van der Waals surface area contributed by atoms with Gasteiger partial charge in [0.2, 0.25) is 0 Å². The number of carbonyl (C=O) groups is 1. The summed E-state index contributed by atoms with van der Waals surface area (Å²) in [6.07, 6.45) is 3.27. The predicted molar refractivity (Wildman–Crippen MR) is 105 cm³/mol. The van der Waals surface area contributed by atoms with E-state index in [0.717, 1.165) is 28.3 Å². The number of carbonyl (C=O) groups excluding carboxylic acids is 1. The molecule has 0 saturated heterocycles. The third kappa shape index (κ3) is 4.31. The number of hydrogen-bond donors (Lipinski definition) is 2. The second kappa shape index (κ2) is 7.99. The number of nitrogens with zero attached hydrogens (tertiary/aromatic N) is 4. The number of aryl methyl sites for hydroxylation is 3. The highest BCUT2D eigenvalue weighted by Gasteiger charge is 2.09. The molecule has 7 nitrogen and oxygen atoms in total. The average Bonchev–Trinajstić information content (AvgIpc) is 3.00. The number of benzene rings is 1. The molecule has 7 heteroatoms. The van der Waals surface area contributed by atoms with E-state index in [1.165, 1.54) is 6.33 Å². The first kappa shape index (κ1) is 18.6. The maximum atomic E-state index is 12.3. The molecule has 140 valence electrons. The first-order valence-electron chi connectivity index (χ1n) is 8.88. The Balaban J connectivity index is 1.57. The van der Waals surface area contributed by atoms with Gasteiger partial charge in [0.05, 0.1) is 5.69 Å². The molecule has 1 amide bonds. The highest BCUT2D eigenvalue weighted by molar-refractivity contribution is 5.95. The van der Waals surface area contributed by atoms with Crippen LogP contribution in [-0.4, -0.2) is 38.5 Å². The van der Waals surface area contributed by atoms with Crippen molar-refractivity contribution in [3.05, 3.63) is 65.0 Å². The highest BCUT2D eigenvalue weighted by atomic mass is 16.1. The zero-order valence-corrected chi connectivity index (χ0v) is 16.1. The third-order valence-corrected chi connectivity index (χ3v) is 4.51. The van der Waals surface area contributed by atoms with Gasteiger partial charge in [0.1, 0.15) is 24.3 Å². The predicted octanol–water partition coefficient (Wildman–Crippen LogP) is 2.74. The van der Waals surface area contributed by atoms with Crippen LogP contribution in [0.15, 0.2) is 36.9 Å². The first-order chi connectivity index (χ1) is 13.0. The summed E-state index contributed by atoms with van der Waals surface area (Å²) in [4.78, 5) is 25.2. The zero-order valence-electron chi connectivity index (χ0n) is 16.1. The van der Waals surface area contributed by atoms with Gasteiger partial charge in [-0.15, -0.1) is 0 Å². The molecule has 27 heavy (non-hydrogen) atoms. The lowest BCUT2D eigenvalue weighted by Crippen LogP contribution is -2.29. The summed E-state index contributed by atoms with van der Waals surface area (Å²) in [5.41, 5.74) is 4.77. The van der Waals surface area contributed by atoms with E-state index in [4.69, 9.17) is 0 Å². The molecule has 3 rings (SSSR count). The quantitative estimate of drug-likeness (QED) is 0.657. The number of nitrogens with one attached hydrogen (secondary N) is 2. The van der Waals surface area contributed by atoms with Crippen molar-refractivity contribution >= 4 is 11.7 Å². The van der Waals surface area contributed by atoms with Crippen molar-refractivity contribution in [3.63, 3.8) is 0 Å². The maximum absolute atomic E-state index is 12.3. The van der Waals surface area contributed by atoms with Crippen LogP contribution in [0.2, 0.25) is 0 Å². The molecule has 0 spiro atoms. The Morgan fingerprint density at radius 1 is 1.04 bits per heavy atom. The van der Waals surface area contributed by atoms with E-state index < -0.39 is 0 Å². The molecule has 2 N–H and O–H groups in total. The zero-order chi connectivity index (χ0) is 19.4. The van der Waals surface area contributed by atoms with Gasteiger partial charge in [-0.1, -0.05) is 17.7 Å². The lowest BCUT2D eigenvalue weighted by molar-refractivity contribution is 0.0954. The number of imidazole rings is 1. The van der Waals surface area contributed by atoms with Crippen molar-refractivity contribution in [3.8, 4) is 5.82 Å². The minimum Gasteiger partial charge on any atom is -0.368 e. The minimum absolute atomic E-state index is 0.0640. The minimum atomic E-state index is -0.0640. The molecule has 0 atom stereocenters. The first-order valence-corrected chi connectivity index (χ1v) is 8.88. The fraction of sp³-hybridized carbons (Fsp3) is 0.300. The molecule has 1 aromatic carbocycles. The van der Waals surface area contributed by atoms with E-state index in [0.29, 0.717) is 24.5 Å². The molecule has 2 heterocycles. The van der Waals surface area contributed by atoms with Gasteiger partial charge in [0, 0.05) is 30.4 Å². The molecule has 3 aromatic rings. The summed E-state index contributed by atoms with van der Waals surface area (Å²) in [6, 6.07) is 7.74. The molecule has 0 unspecified atom stereocenters. The smallest absolute Gasteiger partial charge is 0.251 e. The summed E-state index contributed by atoms with van der Waals surface area (Å²) in [6.45, 7) is 8.94. The van der Waals surface area contributed by atoms with Gasteiger partial charge in [0.25, 0.3) is 5.91 Å². The molecular weight excluding hydrogens is 340 g/mol. The van der Waals surface area contributed by atoms with Crippen molar-refractivity contribution in [1.82, 2.24) is 24.8 Å². The Kier molecular flexibility index (Phi) is 5.49. The van der Waals surface area contributed by atoms with Gasteiger partial charge in [0.15, 0.2) is 0 Å². The van der Waals surface area contributed by atoms with Gasteiger partial charge in [-0.2, -0.15) is 0 Å². The number of aromatic nitrogens is 4. The monoisotopic (exact) mass is 364 g/mol. The fourth-order valence-electron chi connectivity index (χ4n) is 2.75. The Hall–Kier alpha value is -3.22. The van der Waals surface area contributed by atoms with Gasteiger partial charge >= 0.3 is 0 Å². The summed E-state index contributed by atoms with van der Waals surface area (Å²) >= 11 is 0.